The van der Waals surface area contributed by atoms with Crippen molar-refractivity contribution in [1.82, 2.24) is 4.90 Å². The van der Waals surface area contributed by atoms with Crippen molar-refractivity contribution in [3.8, 4) is 17.9 Å². The van der Waals surface area contributed by atoms with Crippen molar-refractivity contribution in [3.63, 3.8) is 0 Å². The largest absolute Gasteiger partial charge is 0.480 e. The summed E-state index contributed by atoms with van der Waals surface area (Å²) in [4.78, 5) is 26.7. The predicted octanol–water partition coefficient (Wildman–Crippen LogP) is 3.90. The molecule has 2 aromatic carbocycles. The molecule has 2 amide bonds. The molecule has 0 radical (unpaired) electrons. The van der Waals surface area contributed by atoms with Gasteiger partial charge in [-0.1, -0.05) is 19.9 Å². The highest BCUT2D eigenvalue weighted by Gasteiger charge is 2.50. The fourth-order valence-corrected chi connectivity index (χ4v) is 3.37. The van der Waals surface area contributed by atoms with Crippen molar-refractivity contribution < 1.29 is 27.5 Å². The smallest absolute Gasteiger partial charge is 0.417 e. The first kappa shape index (κ1) is 21.8. The van der Waals surface area contributed by atoms with Crippen molar-refractivity contribution in [2.45, 2.75) is 26.1 Å². The van der Waals surface area contributed by atoms with Crippen LogP contribution in [0, 0.1) is 28.1 Å². The van der Waals surface area contributed by atoms with Crippen LogP contribution in [0.15, 0.2) is 42.5 Å². The Kier molecular flexibility index (Phi) is 5.47. The van der Waals surface area contributed by atoms with Gasteiger partial charge >= 0.3 is 6.18 Å². The predicted molar refractivity (Wildman–Crippen MR) is 102 cm³/mol. The van der Waals surface area contributed by atoms with E-state index in [2.05, 4.69) is 0 Å². The van der Waals surface area contributed by atoms with E-state index in [0.29, 0.717) is 6.07 Å². The molecule has 0 aliphatic carbocycles. The molecule has 0 N–H and O–H groups in total. The fraction of sp³-hybridized carbons (Fsp3) is 0.273. The van der Waals surface area contributed by atoms with E-state index in [1.165, 1.54) is 36.4 Å². The molecule has 1 atom stereocenters. The molecule has 1 fully saturated rings. The number of nitriles is 2. The maximum Gasteiger partial charge on any atom is 0.417 e. The van der Waals surface area contributed by atoms with Crippen LogP contribution in [-0.4, -0.2) is 29.4 Å². The Bertz CT molecular complexity index is 1140. The Morgan fingerprint density at radius 2 is 1.87 bits per heavy atom. The molecule has 1 aliphatic rings. The summed E-state index contributed by atoms with van der Waals surface area (Å²) in [7, 11) is 0. The molecule has 0 bridgehead atoms. The molecular weight excluding hydrogens is 411 g/mol. The van der Waals surface area contributed by atoms with Gasteiger partial charge < -0.3 is 4.74 Å². The summed E-state index contributed by atoms with van der Waals surface area (Å²) in [6.07, 6.45) is -5.99. The zero-order valence-corrected chi connectivity index (χ0v) is 16.5. The molecule has 0 saturated carbocycles. The van der Waals surface area contributed by atoms with Crippen LogP contribution in [0.2, 0.25) is 0 Å². The molecule has 1 unspecified atom stereocenters. The van der Waals surface area contributed by atoms with Gasteiger partial charge in [0.1, 0.15) is 5.75 Å². The third-order valence-corrected chi connectivity index (χ3v) is 4.92. The normalized spacial score (nSPS) is 17.7. The van der Waals surface area contributed by atoms with E-state index < -0.39 is 40.6 Å². The van der Waals surface area contributed by atoms with Crippen molar-refractivity contribution in [1.29, 1.82) is 10.5 Å². The number of hydrogen-bond donors (Lipinski definition) is 0. The minimum absolute atomic E-state index is 0.0193. The van der Waals surface area contributed by atoms with Crippen LogP contribution >= 0.6 is 0 Å². The number of imide groups is 1. The van der Waals surface area contributed by atoms with E-state index in [0.717, 1.165) is 11.0 Å². The summed E-state index contributed by atoms with van der Waals surface area (Å²) in [5, 5.41) is 17.9. The topological polar surface area (TPSA) is 94.2 Å². The zero-order chi connectivity index (χ0) is 23.0. The molecule has 1 heterocycles. The number of halogens is 3. The SMILES string of the molecule is CC1(C)CN(C(=O)c2cccc(C#N)c2)C(=O)C1Oc1ccc(C#N)c(C(F)(F)F)c1. The van der Waals surface area contributed by atoms with Crippen LogP contribution in [-0.2, 0) is 11.0 Å². The van der Waals surface area contributed by atoms with E-state index >= 15 is 0 Å². The average Bonchev–Trinajstić information content (AvgIpc) is 2.96. The standard InChI is InChI=1S/C22H16F3N3O3/c1-21(2)12-28(19(29)14-5-3-4-13(8-14)10-26)20(30)18(21)31-16-7-6-15(11-27)17(9-16)22(23,24)25/h3-9,18H,12H2,1-2H3. The molecule has 1 aliphatic heterocycles. The van der Waals surface area contributed by atoms with E-state index in [4.69, 9.17) is 15.3 Å². The Morgan fingerprint density at radius 3 is 2.48 bits per heavy atom. The minimum Gasteiger partial charge on any atom is -0.480 e. The molecule has 0 spiro atoms. The van der Waals surface area contributed by atoms with E-state index in [1.807, 2.05) is 6.07 Å². The maximum atomic E-state index is 13.2. The number of ether oxygens (including phenoxy) is 1. The second-order valence-electron chi connectivity index (χ2n) is 7.73. The van der Waals surface area contributed by atoms with Gasteiger partial charge in [-0.05, 0) is 36.4 Å². The Balaban J connectivity index is 1.90. The van der Waals surface area contributed by atoms with Crippen LogP contribution in [0.5, 0.6) is 5.75 Å². The number of benzene rings is 2. The molecule has 2 aromatic rings. The Labute approximate surface area is 176 Å². The number of rotatable bonds is 3. The highest BCUT2D eigenvalue weighted by Crippen LogP contribution is 2.38. The molecule has 3 rings (SSSR count). The lowest BCUT2D eigenvalue weighted by Gasteiger charge is -2.24. The molecule has 9 heteroatoms. The summed E-state index contributed by atoms with van der Waals surface area (Å²) in [6, 6.07) is 12.1. The Morgan fingerprint density at radius 1 is 1.16 bits per heavy atom. The van der Waals surface area contributed by atoms with E-state index in [1.54, 1.807) is 13.8 Å². The van der Waals surface area contributed by atoms with Gasteiger partial charge in [0.2, 0.25) is 0 Å². The third kappa shape index (κ3) is 4.22. The number of nitrogens with zero attached hydrogens (tertiary/aromatic N) is 3. The molecule has 0 aromatic heterocycles. The number of carbonyl (C=O) groups is 2. The van der Waals surface area contributed by atoms with Crippen LogP contribution < -0.4 is 4.74 Å². The second-order valence-corrected chi connectivity index (χ2v) is 7.73. The molecule has 6 nitrogen and oxygen atoms in total. The minimum atomic E-state index is -4.77. The number of alkyl halides is 3. The monoisotopic (exact) mass is 427 g/mol. The van der Waals surface area contributed by atoms with Gasteiger partial charge in [-0.2, -0.15) is 23.7 Å². The lowest BCUT2D eigenvalue weighted by atomic mass is 9.89. The van der Waals surface area contributed by atoms with Gasteiger partial charge in [-0.15, -0.1) is 0 Å². The summed E-state index contributed by atoms with van der Waals surface area (Å²) >= 11 is 0. The van der Waals surface area contributed by atoms with E-state index in [-0.39, 0.29) is 23.4 Å². The van der Waals surface area contributed by atoms with Crippen molar-refractivity contribution in [3.05, 3.63) is 64.7 Å². The number of amides is 2. The molecular formula is C22H16F3N3O3. The molecule has 158 valence electrons. The van der Waals surface area contributed by atoms with Gasteiger partial charge in [0.25, 0.3) is 11.8 Å². The van der Waals surface area contributed by atoms with Crippen molar-refractivity contribution in [2.75, 3.05) is 6.54 Å². The average molecular weight is 427 g/mol. The highest BCUT2D eigenvalue weighted by atomic mass is 19.4. The lowest BCUT2D eigenvalue weighted by Crippen LogP contribution is -2.38. The van der Waals surface area contributed by atoms with Crippen molar-refractivity contribution in [2.24, 2.45) is 5.41 Å². The summed E-state index contributed by atoms with van der Waals surface area (Å²) < 4.78 is 45.3. The van der Waals surface area contributed by atoms with Crippen LogP contribution in [0.25, 0.3) is 0 Å². The first-order chi connectivity index (χ1) is 14.5. The zero-order valence-electron chi connectivity index (χ0n) is 16.5. The first-order valence-electron chi connectivity index (χ1n) is 9.12. The van der Waals surface area contributed by atoms with Crippen LogP contribution in [0.4, 0.5) is 13.2 Å². The third-order valence-electron chi connectivity index (χ3n) is 4.92. The van der Waals surface area contributed by atoms with Gasteiger partial charge in [0.15, 0.2) is 6.10 Å². The quantitative estimate of drug-likeness (QED) is 0.693. The van der Waals surface area contributed by atoms with Gasteiger partial charge in [0, 0.05) is 17.5 Å². The Hall–Kier alpha value is -3.85. The second kappa shape index (κ2) is 7.77. The van der Waals surface area contributed by atoms with Crippen LogP contribution in [0.3, 0.4) is 0 Å². The van der Waals surface area contributed by atoms with Gasteiger partial charge in [0.05, 0.1) is 28.8 Å². The van der Waals surface area contributed by atoms with Gasteiger partial charge in [-0.25, -0.2) is 0 Å². The first-order valence-corrected chi connectivity index (χ1v) is 9.12. The molecule has 1 saturated heterocycles. The highest BCUT2D eigenvalue weighted by molar-refractivity contribution is 6.07. The number of likely N-dealkylation sites (tertiary alicyclic amines) is 1. The van der Waals surface area contributed by atoms with Gasteiger partial charge in [-0.3, -0.25) is 14.5 Å². The maximum absolute atomic E-state index is 13.2. The lowest BCUT2D eigenvalue weighted by molar-refractivity contribution is -0.137. The number of carbonyl (C=O) groups excluding carboxylic acids is 2. The van der Waals surface area contributed by atoms with Crippen molar-refractivity contribution >= 4 is 11.8 Å². The van der Waals surface area contributed by atoms with E-state index in [9.17, 15) is 22.8 Å². The summed E-state index contributed by atoms with van der Waals surface area (Å²) in [6.45, 7) is 3.29. The summed E-state index contributed by atoms with van der Waals surface area (Å²) in [5.41, 5.74) is -2.24. The number of hydrogen-bond acceptors (Lipinski definition) is 5. The molecule has 31 heavy (non-hydrogen) atoms. The summed E-state index contributed by atoms with van der Waals surface area (Å²) in [5.74, 6) is -1.56. The van der Waals surface area contributed by atoms with Crippen LogP contribution in [0.1, 0.15) is 40.9 Å². The fourth-order valence-electron chi connectivity index (χ4n) is 3.37.